The van der Waals surface area contributed by atoms with E-state index in [-0.39, 0.29) is 18.0 Å². The molecular formula is C26H32N6O2. The minimum absolute atomic E-state index is 0.0630. The van der Waals surface area contributed by atoms with Crippen molar-refractivity contribution in [1.29, 1.82) is 0 Å². The van der Waals surface area contributed by atoms with Gasteiger partial charge in [-0.1, -0.05) is 36.2 Å². The topological polar surface area (TPSA) is 121 Å². The second kappa shape index (κ2) is 13.1. The molecule has 3 aromatic rings. The van der Waals surface area contributed by atoms with Crippen molar-refractivity contribution in [2.75, 3.05) is 22.5 Å². The van der Waals surface area contributed by atoms with E-state index in [1.54, 1.807) is 24.5 Å². The summed E-state index contributed by atoms with van der Waals surface area (Å²) in [6, 6.07) is 18.0. The molecule has 3 amide bonds. The zero-order chi connectivity index (χ0) is 24.2. The predicted octanol–water partition coefficient (Wildman–Crippen LogP) is 4.26. The van der Waals surface area contributed by atoms with Gasteiger partial charge in [0.1, 0.15) is 0 Å². The number of carbonyl (C=O) groups excluding carboxylic acids is 2. The molecule has 1 atom stereocenters. The highest BCUT2D eigenvalue weighted by atomic mass is 16.2. The molecule has 1 aromatic heterocycles. The Kier molecular flexibility index (Phi) is 9.57. The SMILES string of the molecule is Cc1ccc(NC(=O)[C@H](CCCCN)NCc2ccc(NC(=O)Nc3ccncc3)cc2)cc1. The van der Waals surface area contributed by atoms with Crippen LogP contribution in [0, 0.1) is 6.92 Å². The van der Waals surface area contributed by atoms with Gasteiger partial charge in [-0.3, -0.25) is 9.78 Å². The van der Waals surface area contributed by atoms with Gasteiger partial charge in [-0.2, -0.15) is 0 Å². The van der Waals surface area contributed by atoms with Crippen LogP contribution in [0.2, 0.25) is 0 Å². The number of hydrogen-bond donors (Lipinski definition) is 5. The summed E-state index contributed by atoms with van der Waals surface area (Å²) in [5, 5.41) is 11.9. The van der Waals surface area contributed by atoms with Crippen molar-refractivity contribution in [2.24, 2.45) is 5.73 Å². The molecule has 0 fully saturated rings. The molecule has 6 N–H and O–H groups in total. The van der Waals surface area contributed by atoms with Crippen LogP contribution in [0.15, 0.2) is 73.1 Å². The number of aryl methyl sites for hydroxylation is 1. The van der Waals surface area contributed by atoms with Crippen molar-refractivity contribution in [1.82, 2.24) is 10.3 Å². The second-order valence-electron chi connectivity index (χ2n) is 8.09. The number of nitrogens with two attached hydrogens (primary N) is 1. The number of amides is 3. The molecular weight excluding hydrogens is 428 g/mol. The normalized spacial score (nSPS) is 11.5. The van der Waals surface area contributed by atoms with E-state index in [1.807, 2.05) is 55.5 Å². The van der Waals surface area contributed by atoms with Gasteiger partial charge in [0.05, 0.1) is 6.04 Å². The number of anilines is 3. The van der Waals surface area contributed by atoms with Crippen molar-refractivity contribution in [3.63, 3.8) is 0 Å². The highest BCUT2D eigenvalue weighted by Crippen LogP contribution is 2.13. The fourth-order valence-electron chi connectivity index (χ4n) is 3.36. The standard InChI is InChI=1S/C26H32N6O2/c1-19-5-9-21(10-6-19)30-25(33)24(4-2-3-15-27)29-18-20-7-11-22(12-8-20)31-26(34)32-23-13-16-28-17-14-23/h5-14,16-17,24,29H,2-4,15,18,27H2,1H3,(H,30,33)(H2,28,31,32,34)/t24-/m0/s1. The molecule has 0 saturated heterocycles. The lowest BCUT2D eigenvalue weighted by molar-refractivity contribution is -0.118. The van der Waals surface area contributed by atoms with Crippen molar-refractivity contribution >= 4 is 29.0 Å². The first kappa shape index (κ1) is 24.9. The fourth-order valence-corrected chi connectivity index (χ4v) is 3.36. The maximum atomic E-state index is 12.9. The highest BCUT2D eigenvalue weighted by molar-refractivity contribution is 5.99. The van der Waals surface area contributed by atoms with Gasteiger partial charge in [-0.25, -0.2) is 4.79 Å². The largest absolute Gasteiger partial charge is 0.330 e. The number of hydrogen-bond acceptors (Lipinski definition) is 5. The van der Waals surface area contributed by atoms with Crippen LogP contribution < -0.4 is 27.0 Å². The Bertz CT molecular complexity index is 1040. The third-order valence-electron chi connectivity index (χ3n) is 5.29. The number of aromatic nitrogens is 1. The van der Waals surface area contributed by atoms with Gasteiger partial charge in [-0.05, 0) is 68.3 Å². The maximum Gasteiger partial charge on any atom is 0.323 e. The number of rotatable bonds is 11. The van der Waals surface area contributed by atoms with Crippen molar-refractivity contribution in [3.05, 3.63) is 84.2 Å². The number of nitrogens with one attached hydrogen (secondary N) is 4. The molecule has 0 aliphatic heterocycles. The molecule has 3 rings (SSSR count). The minimum atomic E-state index is -0.336. The van der Waals surface area contributed by atoms with E-state index in [0.29, 0.717) is 30.9 Å². The molecule has 2 aromatic carbocycles. The van der Waals surface area contributed by atoms with E-state index in [1.165, 1.54) is 0 Å². The Balaban J connectivity index is 1.53. The first-order valence-electron chi connectivity index (χ1n) is 11.4. The zero-order valence-electron chi connectivity index (χ0n) is 19.4. The fraction of sp³-hybridized carbons (Fsp3) is 0.269. The summed E-state index contributed by atoms with van der Waals surface area (Å²) in [7, 11) is 0. The van der Waals surface area contributed by atoms with Crippen LogP contribution in [0.1, 0.15) is 30.4 Å². The van der Waals surface area contributed by atoms with Crippen LogP contribution in [0.3, 0.4) is 0 Å². The third kappa shape index (κ3) is 8.31. The van der Waals surface area contributed by atoms with Gasteiger partial charge in [-0.15, -0.1) is 0 Å². The summed E-state index contributed by atoms with van der Waals surface area (Å²) in [5.74, 6) is -0.0630. The summed E-state index contributed by atoms with van der Waals surface area (Å²) < 4.78 is 0. The molecule has 0 bridgehead atoms. The quantitative estimate of drug-likeness (QED) is 0.274. The monoisotopic (exact) mass is 460 g/mol. The predicted molar refractivity (Wildman–Crippen MR) is 137 cm³/mol. The first-order chi connectivity index (χ1) is 16.5. The Morgan fingerprint density at radius 1 is 0.824 bits per heavy atom. The van der Waals surface area contributed by atoms with Crippen LogP contribution in [0.25, 0.3) is 0 Å². The molecule has 8 heteroatoms. The van der Waals surface area contributed by atoms with E-state index in [4.69, 9.17) is 5.73 Å². The lowest BCUT2D eigenvalue weighted by atomic mass is 10.1. The Labute approximate surface area is 200 Å². The summed E-state index contributed by atoms with van der Waals surface area (Å²) in [4.78, 5) is 28.9. The van der Waals surface area contributed by atoms with E-state index in [2.05, 4.69) is 26.3 Å². The summed E-state index contributed by atoms with van der Waals surface area (Å²) >= 11 is 0. The van der Waals surface area contributed by atoms with E-state index in [0.717, 1.165) is 29.7 Å². The van der Waals surface area contributed by atoms with Gasteiger partial charge in [0, 0.05) is 36.0 Å². The molecule has 34 heavy (non-hydrogen) atoms. The average Bonchev–Trinajstić information content (AvgIpc) is 2.84. The highest BCUT2D eigenvalue weighted by Gasteiger charge is 2.18. The Hall–Kier alpha value is -3.75. The number of carbonyl (C=O) groups is 2. The van der Waals surface area contributed by atoms with E-state index in [9.17, 15) is 9.59 Å². The van der Waals surface area contributed by atoms with Crippen LogP contribution in [0.4, 0.5) is 21.9 Å². The average molecular weight is 461 g/mol. The van der Waals surface area contributed by atoms with Gasteiger partial charge in [0.2, 0.25) is 5.91 Å². The molecule has 0 aliphatic carbocycles. The molecule has 1 heterocycles. The molecule has 0 radical (unpaired) electrons. The molecule has 8 nitrogen and oxygen atoms in total. The lowest BCUT2D eigenvalue weighted by Gasteiger charge is -2.19. The number of benzene rings is 2. The van der Waals surface area contributed by atoms with Crippen molar-refractivity contribution in [2.45, 2.75) is 38.8 Å². The smallest absolute Gasteiger partial charge is 0.323 e. The molecule has 0 aliphatic rings. The van der Waals surface area contributed by atoms with E-state index >= 15 is 0 Å². The Morgan fingerprint density at radius 2 is 1.41 bits per heavy atom. The molecule has 178 valence electrons. The zero-order valence-corrected chi connectivity index (χ0v) is 19.4. The maximum absolute atomic E-state index is 12.9. The number of nitrogens with zero attached hydrogens (tertiary/aromatic N) is 1. The Morgan fingerprint density at radius 3 is 2.06 bits per heavy atom. The van der Waals surface area contributed by atoms with Gasteiger partial charge in [0.15, 0.2) is 0 Å². The van der Waals surface area contributed by atoms with Crippen LogP contribution >= 0.6 is 0 Å². The number of urea groups is 1. The van der Waals surface area contributed by atoms with Crippen LogP contribution in [0.5, 0.6) is 0 Å². The van der Waals surface area contributed by atoms with Gasteiger partial charge < -0.3 is 27.0 Å². The third-order valence-corrected chi connectivity index (χ3v) is 5.29. The second-order valence-corrected chi connectivity index (χ2v) is 8.09. The number of unbranched alkanes of at least 4 members (excludes halogenated alkanes) is 1. The summed E-state index contributed by atoms with van der Waals surface area (Å²) in [6.45, 7) is 3.14. The van der Waals surface area contributed by atoms with Crippen molar-refractivity contribution in [3.8, 4) is 0 Å². The van der Waals surface area contributed by atoms with Crippen molar-refractivity contribution < 1.29 is 9.59 Å². The number of pyridine rings is 1. The summed E-state index contributed by atoms with van der Waals surface area (Å²) in [5.41, 5.74) is 9.89. The van der Waals surface area contributed by atoms with Crippen LogP contribution in [-0.2, 0) is 11.3 Å². The minimum Gasteiger partial charge on any atom is -0.330 e. The van der Waals surface area contributed by atoms with Crippen LogP contribution in [-0.4, -0.2) is 29.5 Å². The lowest BCUT2D eigenvalue weighted by Crippen LogP contribution is -2.40. The van der Waals surface area contributed by atoms with Gasteiger partial charge in [0.25, 0.3) is 0 Å². The van der Waals surface area contributed by atoms with E-state index < -0.39 is 0 Å². The summed E-state index contributed by atoms with van der Waals surface area (Å²) in [6.07, 6.45) is 5.66. The molecule has 0 saturated carbocycles. The first-order valence-corrected chi connectivity index (χ1v) is 11.4. The van der Waals surface area contributed by atoms with Gasteiger partial charge >= 0.3 is 6.03 Å². The molecule has 0 spiro atoms. The molecule has 0 unspecified atom stereocenters.